The third kappa shape index (κ3) is 4.12. The average Bonchev–Trinajstić information content (AvgIpc) is 2.94. The first-order valence-electron chi connectivity index (χ1n) is 8.87. The summed E-state index contributed by atoms with van der Waals surface area (Å²) < 4.78 is 0. The van der Waals surface area contributed by atoms with E-state index >= 15 is 0 Å². The maximum absolute atomic E-state index is 10.4. The number of hydrogen-bond acceptors (Lipinski definition) is 2. The van der Waals surface area contributed by atoms with Gasteiger partial charge in [0.15, 0.2) is 5.96 Å². The molecule has 1 saturated carbocycles. The molecule has 2 rings (SSSR count). The van der Waals surface area contributed by atoms with E-state index in [2.05, 4.69) is 17.1 Å². The molecule has 0 aromatic rings. The van der Waals surface area contributed by atoms with Gasteiger partial charge < -0.3 is 15.3 Å². The van der Waals surface area contributed by atoms with Crippen molar-refractivity contribution < 1.29 is 5.11 Å². The zero-order valence-electron chi connectivity index (χ0n) is 14.1. The van der Waals surface area contributed by atoms with Gasteiger partial charge in [-0.1, -0.05) is 26.7 Å². The maximum Gasteiger partial charge on any atom is 0.194 e. The van der Waals surface area contributed by atoms with Gasteiger partial charge in [0.2, 0.25) is 0 Å². The fraction of sp³-hybridized carbons (Fsp3) is 0.941. The van der Waals surface area contributed by atoms with Crippen molar-refractivity contribution in [1.82, 2.24) is 10.2 Å². The Hall–Kier alpha value is -0.770. The van der Waals surface area contributed by atoms with Crippen molar-refractivity contribution in [2.75, 3.05) is 26.2 Å². The second-order valence-corrected chi connectivity index (χ2v) is 6.81. The van der Waals surface area contributed by atoms with E-state index in [0.717, 1.165) is 50.3 Å². The SMILES string of the molecule is CCNC(=NCC(O)(CC)CC)N1CC2CCCCC2C1. The Morgan fingerprint density at radius 3 is 2.19 bits per heavy atom. The Bertz CT molecular complexity index is 338. The summed E-state index contributed by atoms with van der Waals surface area (Å²) in [5.41, 5.74) is -0.646. The van der Waals surface area contributed by atoms with Crippen LogP contribution in [0.4, 0.5) is 0 Å². The van der Waals surface area contributed by atoms with Gasteiger partial charge >= 0.3 is 0 Å². The van der Waals surface area contributed by atoms with E-state index in [1.807, 2.05) is 13.8 Å². The van der Waals surface area contributed by atoms with Crippen molar-refractivity contribution >= 4 is 5.96 Å². The fourth-order valence-electron chi connectivity index (χ4n) is 3.70. The summed E-state index contributed by atoms with van der Waals surface area (Å²) in [5.74, 6) is 2.73. The third-order valence-electron chi connectivity index (χ3n) is 5.45. The standard InChI is InChI=1S/C17H33N3O/c1-4-17(21,5-2)13-19-16(18-6-3)20-11-14-9-7-8-10-15(14)12-20/h14-15,21H,4-13H2,1-3H3,(H,18,19). The highest BCUT2D eigenvalue weighted by Gasteiger charge is 2.35. The quantitative estimate of drug-likeness (QED) is 0.605. The molecule has 4 nitrogen and oxygen atoms in total. The second kappa shape index (κ2) is 7.48. The average molecular weight is 295 g/mol. The molecule has 1 heterocycles. The van der Waals surface area contributed by atoms with E-state index in [1.54, 1.807) is 0 Å². The van der Waals surface area contributed by atoms with Gasteiger partial charge in [0.25, 0.3) is 0 Å². The van der Waals surface area contributed by atoms with Gasteiger partial charge in [0, 0.05) is 19.6 Å². The zero-order chi connectivity index (χ0) is 15.3. The lowest BCUT2D eigenvalue weighted by Gasteiger charge is -2.26. The number of aliphatic hydroxyl groups is 1. The minimum Gasteiger partial charge on any atom is -0.388 e. The predicted octanol–water partition coefficient (Wildman–Crippen LogP) is 2.63. The van der Waals surface area contributed by atoms with Crippen molar-refractivity contribution in [1.29, 1.82) is 0 Å². The molecule has 2 N–H and O–H groups in total. The molecule has 2 aliphatic rings. The fourth-order valence-corrected chi connectivity index (χ4v) is 3.70. The van der Waals surface area contributed by atoms with Crippen LogP contribution in [-0.4, -0.2) is 47.7 Å². The molecule has 122 valence electrons. The number of hydrogen-bond donors (Lipinski definition) is 2. The van der Waals surface area contributed by atoms with Crippen LogP contribution < -0.4 is 5.32 Å². The van der Waals surface area contributed by atoms with Gasteiger partial charge in [-0.2, -0.15) is 0 Å². The van der Waals surface area contributed by atoms with E-state index in [1.165, 1.54) is 25.7 Å². The van der Waals surface area contributed by atoms with Crippen LogP contribution >= 0.6 is 0 Å². The van der Waals surface area contributed by atoms with Crippen molar-refractivity contribution in [3.63, 3.8) is 0 Å². The first-order valence-corrected chi connectivity index (χ1v) is 8.87. The molecule has 2 atom stereocenters. The summed E-state index contributed by atoms with van der Waals surface area (Å²) in [5, 5.41) is 13.9. The molecule has 2 unspecified atom stereocenters. The van der Waals surface area contributed by atoms with E-state index in [9.17, 15) is 5.11 Å². The number of likely N-dealkylation sites (tertiary alicyclic amines) is 1. The van der Waals surface area contributed by atoms with Crippen molar-refractivity contribution in [3.8, 4) is 0 Å². The number of nitrogens with zero attached hydrogens (tertiary/aromatic N) is 2. The van der Waals surface area contributed by atoms with Crippen LogP contribution in [0, 0.1) is 11.8 Å². The van der Waals surface area contributed by atoms with Crippen molar-refractivity contribution in [2.24, 2.45) is 16.8 Å². The Labute approximate surface area is 130 Å². The molecule has 0 radical (unpaired) electrons. The Morgan fingerprint density at radius 2 is 1.71 bits per heavy atom. The van der Waals surface area contributed by atoms with Gasteiger partial charge in [-0.05, 0) is 44.4 Å². The van der Waals surface area contributed by atoms with Crippen LogP contribution in [0.3, 0.4) is 0 Å². The second-order valence-electron chi connectivity index (χ2n) is 6.81. The largest absolute Gasteiger partial charge is 0.388 e. The monoisotopic (exact) mass is 295 g/mol. The smallest absolute Gasteiger partial charge is 0.194 e. The van der Waals surface area contributed by atoms with E-state index < -0.39 is 5.60 Å². The van der Waals surface area contributed by atoms with Gasteiger partial charge in [-0.25, -0.2) is 0 Å². The van der Waals surface area contributed by atoms with Crippen LogP contribution in [0.5, 0.6) is 0 Å². The molecule has 21 heavy (non-hydrogen) atoms. The highest BCUT2D eigenvalue weighted by Crippen LogP contribution is 2.36. The Balaban J connectivity index is 2.01. The summed E-state index contributed by atoms with van der Waals surface area (Å²) in [7, 11) is 0. The summed E-state index contributed by atoms with van der Waals surface area (Å²) in [6.07, 6.45) is 7.08. The van der Waals surface area contributed by atoms with E-state index in [0.29, 0.717) is 6.54 Å². The van der Waals surface area contributed by atoms with Crippen molar-refractivity contribution in [2.45, 2.75) is 64.9 Å². The third-order valence-corrected chi connectivity index (χ3v) is 5.45. The molecule has 0 spiro atoms. The lowest BCUT2D eigenvalue weighted by atomic mass is 9.82. The number of fused-ring (bicyclic) bond motifs is 1. The Kier molecular flexibility index (Phi) is 5.91. The normalized spacial score (nSPS) is 26.9. The minimum atomic E-state index is -0.646. The molecule has 0 amide bonds. The minimum absolute atomic E-state index is 0.508. The summed E-state index contributed by atoms with van der Waals surface area (Å²) in [4.78, 5) is 7.18. The van der Waals surface area contributed by atoms with Gasteiger partial charge in [-0.3, -0.25) is 4.99 Å². The zero-order valence-corrected chi connectivity index (χ0v) is 14.1. The highest BCUT2D eigenvalue weighted by molar-refractivity contribution is 5.80. The molecule has 0 aromatic carbocycles. The lowest BCUT2D eigenvalue weighted by molar-refractivity contribution is 0.0416. The van der Waals surface area contributed by atoms with Crippen LogP contribution in [0.2, 0.25) is 0 Å². The molecule has 1 saturated heterocycles. The maximum atomic E-state index is 10.4. The molecular weight excluding hydrogens is 262 g/mol. The first-order chi connectivity index (χ1) is 10.1. The molecule has 0 bridgehead atoms. The summed E-state index contributed by atoms with van der Waals surface area (Å²) in [6.45, 7) is 9.88. The molecule has 1 aliphatic carbocycles. The number of aliphatic imine (C=N–C) groups is 1. The molecule has 1 aliphatic heterocycles. The van der Waals surface area contributed by atoms with Crippen LogP contribution in [0.1, 0.15) is 59.3 Å². The first kappa shape index (κ1) is 16.6. The molecular formula is C17H33N3O. The number of nitrogens with one attached hydrogen (secondary N) is 1. The van der Waals surface area contributed by atoms with Crippen molar-refractivity contribution in [3.05, 3.63) is 0 Å². The molecule has 2 fully saturated rings. The van der Waals surface area contributed by atoms with Crippen LogP contribution in [0.15, 0.2) is 4.99 Å². The highest BCUT2D eigenvalue weighted by atomic mass is 16.3. The summed E-state index contributed by atoms with van der Waals surface area (Å²) >= 11 is 0. The topological polar surface area (TPSA) is 47.9 Å². The number of guanidine groups is 1. The summed E-state index contributed by atoms with van der Waals surface area (Å²) in [6, 6.07) is 0. The molecule has 4 heteroatoms. The number of rotatable bonds is 5. The van der Waals surface area contributed by atoms with E-state index in [4.69, 9.17) is 4.99 Å². The van der Waals surface area contributed by atoms with Gasteiger partial charge in [-0.15, -0.1) is 0 Å². The predicted molar refractivity (Wildman–Crippen MR) is 88.5 cm³/mol. The van der Waals surface area contributed by atoms with Crippen LogP contribution in [0.25, 0.3) is 0 Å². The molecule has 0 aromatic heterocycles. The van der Waals surface area contributed by atoms with Gasteiger partial charge in [0.05, 0.1) is 12.1 Å². The van der Waals surface area contributed by atoms with Crippen LogP contribution in [-0.2, 0) is 0 Å². The lowest BCUT2D eigenvalue weighted by Crippen LogP contribution is -2.42. The van der Waals surface area contributed by atoms with Gasteiger partial charge in [0.1, 0.15) is 0 Å². The van der Waals surface area contributed by atoms with E-state index in [-0.39, 0.29) is 0 Å². The Morgan fingerprint density at radius 1 is 1.14 bits per heavy atom.